The number of hydrogen-bond acceptors (Lipinski definition) is 4. The third-order valence-electron chi connectivity index (χ3n) is 3.51. The summed E-state index contributed by atoms with van der Waals surface area (Å²) in [6.45, 7) is 0.705. The molecule has 1 atom stereocenters. The molecule has 19 heavy (non-hydrogen) atoms. The molecule has 0 fully saturated rings. The fourth-order valence-corrected chi connectivity index (χ4v) is 3.49. The van der Waals surface area contributed by atoms with E-state index in [1.54, 1.807) is 12.1 Å². The van der Waals surface area contributed by atoms with Gasteiger partial charge in [0.15, 0.2) is 5.60 Å². The van der Waals surface area contributed by atoms with Crippen LogP contribution >= 0.6 is 11.8 Å². The average molecular weight is 290 g/mol. The summed E-state index contributed by atoms with van der Waals surface area (Å²) in [6.07, 6.45) is -5.05. The Morgan fingerprint density at radius 3 is 2.74 bits per heavy atom. The van der Waals surface area contributed by atoms with E-state index in [1.807, 2.05) is 0 Å². The number of benzene rings is 1. The Morgan fingerprint density at radius 1 is 1.21 bits per heavy atom. The molecule has 2 aliphatic rings. The highest BCUT2D eigenvalue weighted by atomic mass is 32.2. The van der Waals surface area contributed by atoms with Crippen LogP contribution in [-0.4, -0.2) is 30.1 Å². The van der Waals surface area contributed by atoms with E-state index in [1.165, 1.54) is 11.8 Å². The maximum atomic E-state index is 13.3. The van der Waals surface area contributed by atoms with Crippen LogP contribution in [0.4, 0.5) is 24.5 Å². The molecular weight excluding hydrogens is 277 g/mol. The smallest absolute Gasteiger partial charge is 0.385 e. The Labute approximate surface area is 112 Å². The summed E-state index contributed by atoms with van der Waals surface area (Å²) in [5.41, 5.74) is -2.05. The molecule has 0 saturated carbocycles. The van der Waals surface area contributed by atoms with Gasteiger partial charge < -0.3 is 15.7 Å². The number of rotatable bonds is 0. The van der Waals surface area contributed by atoms with E-state index in [9.17, 15) is 18.3 Å². The lowest BCUT2D eigenvalue weighted by Crippen LogP contribution is -2.47. The van der Waals surface area contributed by atoms with Gasteiger partial charge in [-0.2, -0.15) is 13.2 Å². The average Bonchev–Trinajstić information content (AvgIpc) is 2.37. The maximum Gasteiger partial charge on any atom is 0.421 e. The first-order valence-corrected chi connectivity index (χ1v) is 6.99. The molecule has 104 valence electrons. The molecule has 0 aromatic heterocycles. The number of thioether (sulfide) groups is 1. The second-order valence-electron chi connectivity index (χ2n) is 4.67. The second-order valence-corrected chi connectivity index (χ2v) is 5.81. The number of hydrogen-bond donors (Lipinski definition) is 3. The van der Waals surface area contributed by atoms with Gasteiger partial charge in [0.2, 0.25) is 0 Å². The molecule has 0 amide bonds. The zero-order chi connectivity index (χ0) is 13.7. The maximum absolute atomic E-state index is 13.3. The van der Waals surface area contributed by atoms with E-state index in [2.05, 4.69) is 10.6 Å². The first-order chi connectivity index (χ1) is 8.93. The molecule has 1 unspecified atom stereocenters. The van der Waals surface area contributed by atoms with Crippen LogP contribution in [0.25, 0.3) is 0 Å². The molecule has 0 radical (unpaired) electrons. The van der Waals surface area contributed by atoms with Crippen molar-refractivity contribution in [1.29, 1.82) is 0 Å². The van der Waals surface area contributed by atoms with Crippen molar-refractivity contribution in [2.24, 2.45) is 0 Å². The summed E-state index contributed by atoms with van der Waals surface area (Å²) in [7, 11) is 0. The lowest BCUT2D eigenvalue weighted by Gasteiger charge is -2.39. The summed E-state index contributed by atoms with van der Waals surface area (Å²) >= 11 is 1.50. The molecule has 2 heterocycles. The van der Waals surface area contributed by atoms with Gasteiger partial charge in [0.05, 0.1) is 5.69 Å². The van der Waals surface area contributed by atoms with Crippen LogP contribution in [0.1, 0.15) is 12.0 Å². The number of alkyl halides is 3. The zero-order valence-corrected chi connectivity index (χ0v) is 10.8. The molecule has 0 spiro atoms. The first kappa shape index (κ1) is 12.9. The number of fused-ring (bicyclic) bond motifs is 3. The SMILES string of the molecule is OC1(C(F)(F)F)CCNc2ccc3c(c21)NCCS3. The highest BCUT2D eigenvalue weighted by Crippen LogP contribution is 2.52. The molecule has 0 aliphatic carbocycles. The van der Waals surface area contributed by atoms with Crippen LogP contribution < -0.4 is 10.6 Å². The molecule has 0 saturated heterocycles. The summed E-state index contributed by atoms with van der Waals surface area (Å²) in [5.74, 6) is 0.809. The number of halogens is 3. The van der Waals surface area contributed by atoms with Crippen molar-refractivity contribution < 1.29 is 18.3 Å². The predicted molar refractivity (Wildman–Crippen MR) is 68.7 cm³/mol. The zero-order valence-electron chi connectivity index (χ0n) is 9.97. The van der Waals surface area contributed by atoms with Crippen molar-refractivity contribution in [3.63, 3.8) is 0 Å². The minimum absolute atomic E-state index is 0.0593. The molecule has 1 aromatic rings. The van der Waals surface area contributed by atoms with E-state index in [0.29, 0.717) is 17.9 Å². The van der Waals surface area contributed by atoms with Gasteiger partial charge in [-0.15, -0.1) is 11.8 Å². The van der Waals surface area contributed by atoms with Crippen molar-refractivity contribution in [2.75, 3.05) is 29.5 Å². The fourth-order valence-electron chi connectivity index (χ4n) is 2.58. The van der Waals surface area contributed by atoms with Crippen molar-refractivity contribution in [3.05, 3.63) is 17.7 Å². The first-order valence-electron chi connectivity index (χ1n) is 6.00. The van der Waals surface area contributed by atoms with Crippen molar-refractivity contribution in [1.82, 2.24) is 0 Å². The molecule has 0 bridgehead atoms. The molecule has 1 aromatic carbocycles. The molecular formula is C12H13F3N2OS. The van der Waals surface area contributed by atoms with Crippen molar-refractivity contribution in [2.45, 2.75) is 23.1 Å². The Bertz CT molecular complexity index is 520. The quantitative estimate of drug-likeness (QED) is 0.687. The number of anilines is 2. The van der Waals surface area contributed by atoms with E-state index >= 15 is 0 Å². The molecule has 3 nitrogen and oxygen atoms in total. The summed E-state index contributed by atoms with van der Waals surface area (Å²) in [4.78, 5) is 0.761. The van der Waals surface area contributed by atoms with E-state index in [-0.39, 0.29) is 18.5 Å². The largest absolute Gasteiger partial charge is 0.421 e. The van der Waals surface area contributed by atoms with Crippen LogP contribution in [0, 0.1) is 0 Å². The van der Waals surface area contributed by atoms with E-state index in [0.717, 1.165) is 10.6 Å². The Balaban J connectivity index is 2.23. The Morgan fingerprint density at radius 2 is 2.00 bits per heavy atom. The lowest BCUT2D eigenvalue weighted by molar-refractivity contribution is -0.268. The fraction of sp³-hybridized carbons (Fsp3) is 0.500. The standard InChI is InChI=1S/C12H13F3N2OS/c13-12(14,15)11(18)3-4-16-7-1-2-8-10(9(7)11)17-5-6-19-8/h1-2,16-18H,3-6H2. The second kappa shape index (κ2) is 4.21. The van der Waals surface area contributed by atoms with Gasteiger partial charge in [-0.05, 0) is 12.1 Å². The van der Waals surface area contributed by atoms with Crippen LogP contribution in [0.2, 0.25) is 0 Å². The van der Waals surface area contributed by atoms with Crippen LogP contribution in [0.15, 0.2) is 17.0 Å². The molecule has 7 heteroatoms. The van der Waals surface area contributed by atoms with Crippen LogP contribution in [0.5, 0.6) is 0 Å². The van der Waals surface area contributed by atoms with Gasteiger partial charge in [-0.3, -0.25) is 0 Å². The molecule has 3 rings (SSSR count). The highest BCUT2D eigenvalue weighted by molar-refractivity contribution is 7.99. The third-order valence-corrected chi connectivity index (χ3v) is 4.57. The van der Waals surface area contributed by atoms with E-state index < -0.39 is 11.8 Å². The van der Waals surface area contributed by atoms with Gasteiger partial charge >= 0.3 is 6.18 Å². The van der Waals surface area contributed by atoms with E-state index in [4.69, 9.17) is 0 Å². The van der Waals surface area contributed by atoms with Gasteiger partial charge in [-0.25, -0.2) is 0 Å². The van der Waals surface area contributed by atoms with Gasteiger partial charge in [0.25, 0.3) is 0 Å². The Hall–Kier alpha value is -1.08. The monoisotopic (exact) mass is 290 g/mol. The minimum atomic E-state index is -4.68. The topological polar surface area (TPSA) is 44.3 Å². The van der Waals surface area contributed by atoms with Gasteiger partial charge in [0, 0.05) is 41.4 Å². The lowest BCUT2D eigenvalue weighted by atomic mass is 9.84. The Kier molecular flexibility index (Phi) is 2.86. The summed E-state index contributed by atoms with van der Waals surface area (Å²) < 4.78 is 39.8. The summed E-state index contributed by atoms with van der Waals surface area (Å²) in [6, 6.07) is 3.41. The van der Waals surface area contributed by atoms with Crippen molar-refractivity contribution >= 4 is 23.1 Å². The normalized spacial score (nSPS) is 25.9. The number of aliphatic hydroxyl groups is 1. The third kappa shape index (κ3) is 1.87. The van der Waals surface area contributed by atoms with Crippen LogP contribution in [-0.2, 0) is 5.60 Å². The van der Waals surface area contributed by atoms with Crippen LogP contribution in [0.3, 0.4) is 0 Å². The molecule has 3 N–H and O–H groups in total. The number of nitrogens with one attached hydrogen (secondary N) is 2. The van der Waals surface area contributed by atoms with Gasteiger partial charge in [0.1, 0.15) is 0 Å². The summed E-state index contributed by atoms with van der Waals surface area (Å²) in [5, 5.41) is 16.1. The van der Waals surface area contributed by atoms with Gasteiger partial charge in [-0.1, -0.05) is 0 Å². The minimum Gasteiger partial charge on any atom is -0.385 e. The highest BCUT2D eigenvalue weighted by Gasteiger charge is 2.58. The predicted octanol–water partition coefficient (Wildman–Crippen LogP) is 2.77. The molecule has 2 aliphatic heterocycles. The van der Waals surface area contributed by atoms with Crippen molar-refractivity contribution in [3.8, 4) is 0 Å².